The molecule has 0 radical (unpaired) electrons. The Morgan fingerprint density at radius 3 is 2.17 bits per heavy atom. The molecule has 2 aromatic carbocycles. The van der Waals surface area contributed by atoms with Gasteiger partial charge in [-0.15, -0.1) is 0 Å². The quantitative estimate of drug-likeness (QED) is 0.263. The molecule has 1 saturated carbocycles. The highest BCUT2D eigenvalue weighted by atomic mass is 16.6. The van der Waals surface area contributed by atoms with E-state index in [0.29, 0.717) is 31.6 Å². The molecule has 4 fully saturated rings. The molecule has 7 rings (SSSR count). The Hall–Kier alpha value is -4.22. The zero-order valence-electron chi connectivity index (χ0n) is 30.8. The number of hydrogen-bond acceptors (Lipinski definition) is 7. The Morgan fingerprint density at radius 2 is 1.45 bits per heavy atom. The number of likely N-dealkylation sites (tertiary alicyclic amines) is 3. The van der Waals surface area contributed by atoms with Gasteiger partial charge < -0.3 is 28.9 Å². The van der Waals surface area contributed by atoms with Gasteiger partial charge in [-0.05, 0) is 85.9 Å². The Morgan fingerprint density at radius 1 is 0.736 bits per heavy atom. The lowest BCUT2D eigenvalue weighted by atomic mass is 9.82. The van der Waals surface area contributed by atoms with Crippen molar-refractivity contribution in [1.29, 1.82) is 0 Å². The molecular weight excluding hydrogens is 672 g/mol. The van der Waals surface area contributed by atoms with Crippen molar-refractivity contribution < 1.29 is 29.0 Å². The van der Waals surface area contributed by atoms with Crippen molar-refractivity contribution in [2.24, 2.45) is 5.92 Å². The van der Waals surface area contributed by atoms with E-state index in [2.05, 4.69) is 6.07 Å². The topological polar surface area (TPSA) is 122 Å². The van der Waals surface area contributed by atoms with E-state index in [1.165, 1.54) is 0 Å². The summed E-state index contributed by atoms with van der Waals surface area (Å²) in [5.41, 5.74) is 1.88. The maximum Gasteiger partial charge on any atom is 0.410 e. The maximum absolute atomic E-state index is 14.5. The molecule has 0 spiro atoms. The average Bonchev–Trinajstić information content (AvgIpc) is 3.19. The molecule has 0 bridgehead atoms. The Bertz CT molecular complexity index is 1770. The minimum Gasteiger partial charge on any atom is -0.480 e. The molecule has 3 aromatic rings. The number of carboxylic acid groups (broad SMARTS) is 1. The van der Waals surface area contributed by atoms with E-state index in [4.69, 9.17) is 14.6 Å². The van der Waals surface area contributed by atoms with Crippen LogP contribution in [0.3, 0.4) is 0 Å². The summed E-state index contributed by atoms with van der Waals surface area (Å²) in [5.74, 6) is -0.584. The van der Waals surface area contributed by atoms with E-state index in [0.717, 1.165) is 100 Å². The van der Waals surface area contributed by atoms with E-state index in [1.54, 1.807) is 9.47 Å². The van der Waals surface area contributed by atoms with Crippen molar-refractivity contribution in [2.45, 2.75) is 101 Å². The van der Waals surface area contributed by atoms with Gasteiger partial charge in [0.15, 0.2) is 0 Å². The number of rotatable bonds is 10. The van der Waals surface area contributed by atoms with Gasteiger partial charge in [0, 0.05) is 56.8 Å². The molecule has 1 aliphatic carbocycles. The molecule has 4 heterocycles. The lowest BCUT2D eigenvalue weighted by molar-refractivity contribution is -0.142. The van der Waals surface area contributed by atoms with Crippen molar-refractivity contribution in [3.63, 3.8) is 0 Å². The van der Waals surface area contributed by atoms with Crippen molar-refractivity contribution in [3.8, 4) is 0 Å². The molecular formula is C42H54N4O7. The Kier molecular flexibility index (Phi) is 12.1. The number of carboxylic acids is 1. The van der Waals surface area contributed by atoms with E-state index < -0.39 is 12.0 Å². The van der Waals surface area contributed by atoms with Crippen LogP contribution in [0.5, 0.6) is 0 Å². The van der Waals surface area contributed by atoms with Gasteiger partial charge in [-0.3, -0.25) is 19.3 Å². The molecule has 11 heteroatoms. The molecule has 1 N–H and O–H groups in total. The van der Waals surface area contributed by atoms with Crippen LogP contribution in [-0.4, -0.2) is 100 Å². The number of fused-ring (bicyclic) bond motifs is 1. The van der Waals surface area contributed by atoms with Crippen LogP contribution in [0.15, 0.2) is 65.6 Å². The first kappa shape index (κ1) is 37.1. The van der Waals surface area contributed by atoms with Crippen LogP contribution in [0.1, 0.15) is 93.7 Å². The van der Waals surface area contributed by atoms with Crippen LogP contribution < -0.4 is 5.56 Å². The lowest BCUT2D eigenvalue weighted by Crippen LogP contribution is -2.48. The maximum atomic E-state index is 14.5. The van der Waals surface area contributed by atoms with Gasteiger partial charge >= 0.3 is 12.1 Å². The van der Waals surface area contributed by atoms with E-state index in [9.17, 15) is 19.2 Å². The second kappa shape index (κ2) is 17.3. The van der Waals surface area contributed by atoms with E-state index in [-0.39, 0.29) is 54.8 Å². The number of hydrogen-bond donors (Lipinski definition) is 1. The molecule has 11 nitrogen and oxygen atoms in total. The van der Waals surface area contributed by atoms with Crippen LogP contribution in [0.4, 0.5) is 4.79 Å². The zero-order chi connectivity index (χ0) is 36.7. The third-order valence-corrected chi connectivity index (χ3v) is 12.0. The lowest BCUT2D eigenvalue weighted by Gasteiger charge is -2.39. The monoisotopic (exact) mass is 726 g/mol. The number of amides is 2. The van der Waals surface area contributed by atoms with Gasteiger partial charge in [0.2, 0.25) is 5.91 Å². The number of pyridine rings is 1. The third kappa shape index (κ3) is 8.95. The fourth-order valence-corrected chi connectivity index (χ4v) is 9.16. The molecule has 2 atom stereocenters. The fraction of sp³-hybridized carbons (Fsp3) is 0.571. The van der Waals surface area contributed by atoms with E-state index in [1.807, 2.05) is 64.5 Å². The minimum absolute atomic E-state index is 0.0341. The number of piperidine rings is 3. The fourth-order valence-electron chi connectivity index (χ4n) is 9.16. The number of nitrogens with zero attached hydrogens (tertiary/aromatic N) is 4. The van der Waals surface area contributed by atoms with Gasteiger partial charge in [0.1, 0.15) is 12.6 Å². The standard InChI is InChI=1S/C42H54N4O7/c47-38(48)28-43-22-16-33(17-23-43)53-34-18-24-44(25-19-34)41(50)39(31-11-5-2-6-12-31)46-26-20-36-35(14-7-15-37(36)40(46)49)32-13-8-21-45(27-32)42(51)52-29-30-9-3-1-4-10-30/h1,3-4,7,9-10,14-15,20,26,31-34,39H,2,5-6,8,11-13,16-19,21-25,27-29H2,(H,47,48)/t32?,39-/m1/s1. The second-order valence-corrected chi connectivity index (χ2v) is 15.5. The highest BCUT2D eigenvalue weighted by molar-refractivity contribution is 5.87. The zero-order valence-corrected chi connectivity index (χ0v) is 30.8. The summed E-state index contributed by atoms with van der Waals surface area (Å²) in [4.78, 5) is 58.8. The minimum atomic E-state index is -0.796. The van der Waals surface area contributed by atoms with Crippen LogP contribution in [0.25, 0.3) is 10.8 Å². The Balaban J connectivity index is 1.04. The smallest absolute Gasteiger partial charge is 0.410 e. The van der Waals surface area contributed by atoms with Crippen molar-refractivity contribution in [2.75, 3.05) is 45.8 Å². The molecule has 3 saturated heterocycles. The summed E-state index contributed by atoms with van der Waals surface area (Å²) in [5, 5.41) is 10.6. The normalized spacial score (nSPS) is 21.8. The second-order valence-electron chi connectivity index (χ2n) is 15.5. The molecule has 53 heavy (non-hydrogen) atoms. The first-order chi connectivity index (χ1) is 25.8. The van der Waals surface area contributed by atoms with Gasteiger partial charge in [-0.25, -0.2) is 4.79 Å². The van der Waals surface area contributed by atoms with E-state index >= 15 is 0 Å². The third-order valence-electron chi connectivity index (χ3n) is 12.0. The summed E-state index contributed by atoms with van der Waals surface area (Å²) in [7, 11) is 0. The van der Waals surface area contributed by atoms with Crippen molar-refractivity contribution in [1.82, 2.24) is 19.3 Å². The first-order valence-electron chi connectivity index (χ1n) is 19.8. The molecule has 1 aromatic heterocycles. The highest BCUT2D eigenvalue weighted by Crippen LogP contribution is 2.36. The first-order valence-corrected chi connectivity index (χ1v) is 19.8. The molecule has 3 aliphatic heterocycles. The predicted molar refractivity (Wildman–Crippen MR) is 202 cm³/mol. The summed E-state index contributed by atoms with van der Waals surface area (Å²) in [6.45, 7) is 4.13. The predicted octanol–water partition coefficient (Wildman–Crippen LogP) is 6.20. The summed E-state index contributed by atoms with van der Waals surface area (Å²) < 4.78 is 13.8. The molecule has 1 unspecified atom stereocenters. The number of benzene rings is 2. The summed E-state index contributed by atoms with van der Waals surface area (Å²) in [6.07, 6.45) is 11.8. The SMILES string of the molecule is O=C(O)CN1CCC(OC2CCN(C(=O)[C@@H](C3CCCCC3)n3ccc4c(C5CCCN(C(=O)OCc6ccccc6)C5)cccc4c3=O)CC2)CC1. The Labute approximate surface area is 311 Å². The van der Waals surface area contributed by atoms with Crippen LogP contribution in [-0.2, 0) is 25.7 Å². The van der Waals surface area contributed by atoms with Crippen molar-refractivity contribution >= 4 is 28.7 Å². The van der Waals surface area contributed by atoms with Crippen LogP contribution in [0, 0.1) is 5.92 Å². The molecule has 2 amide bonds. The van der Waals surface area contributed by atoms with Crippen LogP contribution >= 0.6 is 0 Å². The van der Waals surface area contributed by atoms with Gasteiger partial charge in [0.05, 0.1) is 18.8 Å². The number of aromatic nitrogens is 1. The molecule has 284 valence electrons. The number of aliphatic carboxylic acids is 1. The largest absolute Gasteiger partial charge is 0.480 e. The van der Waals surface area contributed by atoms with Crippen molar-refractivity contribution in [3.05, 3.63) is 82.3 Å². The van der Waals surface area contributed by atoms with Gasteiger partial charge in [0.25, 0.3) is 5.56 Å². The number of ether oxygens (including phenoxy) is 2. The van der Waals surface area contributed by atoms with Crippen LogP contribution in [0.2, 0.25) is 0 Å². The average molecular weight is 727 g/mol. The number of carbonyl (C=O) groups excluding carboxylic acids is 2. The molecule has 4 aliphatic rings. The van der Waals surface area contributed by atoms with Gasteiger partial charge in [-0.2, -0.15) is 0 Å². The number of carbonyl (C=O) groups is 3. The summed E-state index contributed by atoms with van der Waals surface area (Å²) >= 11 is 0. The highest BCUT2D eigenvalue weighted by Gasteiger charge is 2.37. The van der Waals surface area contributed by atoms with Gasteiger partial charge in [-0.1, -0.05) is 61.7 Å². The summed E-state index contributed by atoms with van der Waals surface area (Å²) in [6, 6.07) is 17.1.